The number of fused-ring (bicyclic) bond motifs is 3. The molecule has 5 atom stereocenters. The summed E-state index contributed by atoms with van der Waals surface area (Å²) in [6.07, 6.45) is 8.32. The third-order valence-corrected chi connectivity index (χ3v) is 13.4. The lowest BCUT2D eigenvalue weighted by molar-refractivity contribution is -0.141. The first-order chi connectivity index (χ1) is 29.1. The molecule has 4 N–H and O–H groups in total. The fraction of sp³-hybridized carbons (Fsp3) is 0.548. The summed E-state index contributed by atoms with van der Waals surface area (Å²) in [6, 6.07) is 4.47. The molecule has 0 radical (unpaired) electrons. The Hall–Kier alpha value is -5.72. The maximum absolute atomic E-state index is 14.8. The van der Waals surface area contributed by atoms with Gasteiger partial charge in [-0.3, -0.25) is 33.4 Å². The van der Waals surface area contributed by atoms with E-state index in [-0.39, 0.29) is 50.1 Å². The quantitative estimate of drug-likeness (QED) is 0.193. The van der Waals surface area contributed by atoms with E-state index in [1.54, 1.807) is 19.2 Å². The second-order valence-corrected chi connectivity index (χ2v) is 18.5. The summed E-state index contributed by atoms with van der Waals surface area (Å²) in [6.45, 7) is 5.44. The number of aromatic nitrogens is 3. The third kappa shape index (κ3) is 9.61. The summed E-state index contributed by atoms with van der Waals surface area (Å²) < 4.78 is 47.7. The van der Waals surface area contributed by atoms with E-state index in [2.05, 4.69) is 25.8 Å². The lowest BCUT2D eigenvalue weighted by Gasteiger charge is -2.29. The Balaban J connectivity index is 1.22. The highest BCUT2D eigenvalue weighted by atomic mass is 32.2. The van der Waals surface area contributed by atoms with E-state index >= 15 is 0 Å². The van der Waals surface area contributed by atoms with E-state index in [0.717, 1.165) is 12.0 Å². The Morgan fingerprint density at radius 3 is 2.57 bits per heavy atom. The van der Waals surface area contributed by atoms with Crippen molar-refractivity contribution in [1.29, 1.82) is 0 Å². The van der Waals surface area contributed by atoms with E-state index in [1.807, 2.05) is 39.0 Å². The molecular formula is C42H54N8O10S. The van der Waals surface area contributed by atoms with Gasteiger partial charge in [0.15, 0.2) is 0 Å². The minimum atomic E-state index is -3.93. The number of sulfonamides is 1. The molecule has 328 valence electrons. The molecule has 18 nitrogen and oxygen atoms in total. The first-order valence-corrected chi connectivity index (χ1v) is 22.4. The van der Waals surface area contributed by atoms with Crippen LogP contribution in [0.5, 0.6) is 17.4 Å². The monoisotopic (exact) mass is 862 g/mol. The maximum Gasteiger partial charge on any atom is 0.272 e. The minimum absolute atomic E-state index is 0.0000400. The van der Waals surface area contributed by atoms with Crippen molar-refractivity contribution in [1.82, 2.24) is 40.3 Å². The highest BCUT2D eigenvalue weighted by Gasteiger charge is 2.62. The zero-order valence-corrected chi connectivity index (χ0v) is 35.9. The summed E-state index contributed by atoms with van der Waals surface area (Å²) >= 11 is 0. The molecule has 5 unspecified atom stereocenters. The number of amides is 5. The standard InChI is InChI=1S/C42H54N8O10S/c1-24(2)59-36-20-34(29-15-16-33(58-5)25(3)37(29)45-36)60-27-19-32-39(53)46-42(41(55)48-61(56,57)28-13-14-28)21-26(42)11-9-7-6-8-10-12-31(40(54)50(32)22-27)44-38(52)30-17-18-49(47-30)23-35(51)43-4/h9,11,15-18,20,24,26-28,31-32H,6-8,10,12-14,19,21-23H2,1-5H3,(H,43,51)(H,44,52)(H,46,53)(H,48,55)/b11-9-. The largest absolute Gasteiger partial charge is 0.496 e. The van der Waals surface area contributed by atoms with Gasteiger partial charge in [0.25, 0.3) is 11.8 Å². The second kappa shape index (κ2) is 17.7. The van der Waals surface area contributed by atoms with Crippen molar-refractivity contribution in [2.45, 2.75) is 120 Å². The molecule has 4 aliphatic rings. The topological polar surface area (TPSA) is 229 Å². The summed E-state index contributed by atoms with van der Waals surface area (Å²) in [5.41, 5.74) is -0.216. The number of likely N-dealkylation sites (N-methyl/N-ethyl adjacent to an activating group) is 1. The van der Waals surface area contributed by atoms with Crippen LogP contribution < -0.4 is 34.9 Å². The van der Waals surface area contributed by atoms with Crippen molar-refractivity contribution < 1.29 is 46.6 Å². The zero-order chi connectivity index (χ0) is 43.6. The van der Waals surface area contributed by atoms with Crippen molar-refractivity contribution in [3.05, 3.63) is 53.9 Å². The molecule has 1 aromatic carbocycles. The normalized spacial score (nSPS) is 25.0. The Labute approximate surface area is 354 Å². The lowest BCUT2D eigenvalue weighted by atomic mass is 10.0. The average molecular weight is 863 g/mol. The summed E-state index contributed by atoms with van der Waals surface area (Å²) in [4.78, 5) is 75.0. The van der Waals surface area contributed by atoms with Crippen molar-refractivity contribution >= 4 is 50.5 Å². The SMILES string of the molecule is CNC(=O)Cn1ccc(C(=O)NC2CCCCC/C=C\C3CC3(C(=O)NS(=O)(=O)C3CC3)NC(=O)C3CC(Oc4cc(OC(C)C)nc5c(C)c(OC)ccc45)CN3C2=O)n1. The van der Waals surface area contributed by atoms with Crippen LogP contribution in [0.2, 0.25) is 0 Å². The molecule has 2 saturated carbocycles. The molecular weight excluding hydrogens is 809 g/mol. The minimum Gasteiger partial charge on any atom is -0.496 e. The Bertz CT molecular complexity index is 2340. The number of nitrogens with one attached hydrogen (secondary N) is 4. The highest BCUT2D eigenvalue weighted by molar-refractivity contribution is 7.91. The van der Waals surface area contributed by atoms with Gasteiger partial charge in [0, 0.05) is 42.6 Å². The molecule has 4 heterocycles. The summed E-state index contributed by atoms with van der Waals surface area (Å²) in [5.74, 6) is -2.11. The number of hydrogen-bond donors (Lipinski definition) is 4. The molecule has 61 heavy (non-hydrogen) atoms. The molecule has 19 heteroatoms. The number of carbonyl (C=O) groups excluding carboxylic acids is 5. The van der Waals surface area contributed by atoms with Gasteiger partial charge in [-0.25, -0.2) is 13.4 Å². The predicted octanol–water partition coefficient (Wildman–Crippen LogP) is 2.43. The van der Waals surface area contributed by atoms with Crippen LogP contribution in [0.15, 0.2) is 42.6 Å². The van der Waals surface area contributed by atoms with Gasteiger partial charge in [-0.15, -0.1) is 0 Å². The molecule has 7 rings (SSSR count). The smallest absolute Gasteiger partial charge is 0.272 e. The van der Waals surface area contributed by atoms with Gasteiger partial charge in [0.2, 0.25) is 33.6 Å². The highest BCUT2D eigenvalue weighted by Crippen LogP contribution is 2.46. The van der Waals surface area contributed by atoms with E-state index in [1.165, 1.54) is 28.9 Å². The molecule has 5 amide bonds. The third-order valence-electron chi connectivity index (χ3n) is 11.6. The van der Waals surface area contributed by atoms with Crippen molar-refractivity contribution in [3.63, 3.8) is 0 Å². The van der Waals surface area contributed by atoms with Crippen LogP contribution in [0.3, 0.4) is 0 Å². The fourth-order valence-corrected chi connectivity index (χ4v) is 9.40. The lowest BCUT2D eigenvalue weighted by Crippen LogP contribution is -2.58. The molecule has 3 aromatic rings. The molecule has 2 aromatic heterocycles. The number of methoxy groups -OCH3 is 1. The molecule has 2 aliphatic heterocycles. The average Bonchev–Trinajstić information content (AvgIpc) is 4.10. The van der Waals surface area contributed by atoms with Crippen LogP contribution in [0.25, 0.3) is 10.9 Å². The van der Waals surface area contributed by atoms with Crippen LogP contribution >= 0.6 is 0 Å². The molecule has 0 spiro atoms. The van der Waals surface area contributed by atoms with Gasteiger partial charge in [-0.05, 0) is 77.5 Å². The van der Waals surface area contributed by atoms with E-state index in [0.29, 0.717) is 60.4 Å². The Morgan fingerprint density at radius 1 is 1.07 bits per heavy atom. The zero-order valence-electron chi connectivity index (χ0n) is 35.1. The van der Waals surface area contributed by atoms with Gasteiger partial charge in [-0.1, -0.05) is 25.0 Å². The number of carbonyl (C=O) groups is 5. The van der Waals surface area contributed by atoms with Crippen LogP contribution in [0.1, 0.15) is 87.7 Å². The van der Waals surface area contributed by atoms with Crippen LogP contribution in [-0.4, -0.2) is 113 Å². The van der Waals surface area contributed by atoms with Gasteiger partial charge >= 0.3 is 0 Å². The van der Waals surface area contributed by atoms with Gasteiger partial charge in [0.1, 0.15) is 47.5 Å². The number of benzene rings is 1. The number of nitrogens with zero attached hydrogens (tertiary/aromatic N) is 4. The first-order valence-electron chi connectivity index (χ1n) is 20.8. The molecule has 3 fully saturated rings. The number of hydrogen-bond acceptors (Lipinski definition) is 12. The van der Waals surface area contributed by atoms with Gasteiger partial charge in [0.05, 0.1) is 30.5 Å². The number of pyridine rings is 1. The number of aryl methyl sites for hydroxylation is 1. The van der Waals surface area contributed by atoms with E-state index in [9.17, 15) is 32.4 Å². The Morgan fingerprint density at radius 2 is 1.85 bits per heavy atom. The molecule has 0 bridgehead atoms. The van der Waals surface area contributed by atoms with Crippen molar-refractivity contribution in [3.8, 4) is 17.4 Å². The number of allylic oxidation sites excluding steroid dienone is 1. The van der Waals surface area contributed by atoms with Crippen molar-refractivity contribution in [2.24, 2.45) is 5.92 Å². The number of ether oxygens (including phenoxy) is 3. The summed E-state index contributed by atoms with van der Waals surface area (Å²) in [5, 5.41) is 12.5. The fourth-order valence-electron chi connectivity index (χ4n) is 8.03. The van der Waals surface area contributed by atoms with Crippen LogP contribution in [0, 0.1) is 12.8 Å². The second-order valence-electron chi connectivity index (χ2n) is 16.5. The molecule has 1 saturated heterocycles. The predicted molar refractivity (Wildman–Crippen MR) is 222 cm³/mol. The van der Waals surface area contributed by atoms with Gasteiger partial charge < -0.3 is 35.1 Å². The van der Waals surface area contributed by atoms with Crippen LogP contribution in [-0.2, 0) is 35.7 Å². The van der Waals surface area contributed by atoms with E-state index < -0.39 is 68.5 Å². The number of rotatable bonds is 12. The maximum atomic E-state index is 14.8. The van der Waals surface area contributed by atoms with Crippen LogP contribution in [0.4, 0.5) is 0 Å². The molecule has 2 aliphatic carbocycles. The van der Waals surface area contributed by atoms with Crippen molar-refractivity contribution in [2.75, 3.05) is 20.7 Å². The Kier molecular flexibility index (Phi) is 12.6. The summed E-state index contributed by atoms with van der Waals surface area (Å²) in [7, 11) is -0.876. The van der Waals surface area contributed by atoms with E-state index in [4.69, 9.17) is 19.2 Å². The van der Waals surface area contributed by atoms with Gasteiger partial charge in [-0.2, -0.15) is 5.10 Å². The first kappa shape index (κ1) is 43.4.